The SMILES string of the molecule is CC(C)c1c(NC(=O)OCc2ccccc2)nc(-c2ccc(F)cc2)n1CC[C@@H]1C[C@H](CC(=O)OC(C)(C)C)OC(C)(C)O1. The first-order chi connectivity index (χ1) is 20.7. The van der Waals surface area contributed by atoms with Crippen LogP contribution < -0.4 is 5.32 Å². The fourth-order valence-electron chi connectivity index (χ4n) is 5.41. The van der Waals surface area contributed by atoms with Crippen LogP contribution in [0, 0.1) is 5.82 Å². The molecule has 1 saturated heterocycles. The first-order valence-electron chi connectivity index (χ1n) is 15.1. The largest absolute Gasteiger partial charge is 0.460 e. The van der Waals surface area contributed by atoms with Gasteiger partial charge in [0.25, 0.3) is 0 Å². The molecule has 2 heterocycles. The summed E-state index contributed by atoms with van der Waals surface area (Å²) in [5, 5.41) is 2.83. The van der Waals surface area contributed by atoms with Crippen molar-refractivity contribution in [2.45, 2.75) is 110 Å². The average Bonchev–Trinajstić information content (AvgIpc) is 3.27. The summed E-state index contributed by atoms with van der Waals surface area (Å²) in [7, 11) is 0. The summed E-state index contributed by atoms with van der Waals surface area (Å²) in [6, 6.07) is 15.5. The van der Waals surface area contributed by atoms with E-state index in [9.17, 15) is 14.0 Å². The molecule has 44 heavy (non-hydrogen) atoms. The van der Waals surface area contributed by atoms with Crippen LogP contribution in [-0.2, 0) is 36.9 Å². The molecule has 1 aliphatic rings. The molecule has 1 aliphatic heterocycles. The number of imidazole rings is 1. The number of hydrogen-bond donors (Lipinski definition) is 1. The Kier molecular flexibility index (Phi) is 10.5. The molecule has 3 aromatic rings. The summed E-state index contributed by atoms with van der Waals surface area (Å²) in [4.78, 5) is 30.2. The van der Waals surface area contributed by atoms with Crippen LogP contribution in [0.5, 0.6) is 0 Å². The summed E-state index contributed by atoms with van der Waals surface area (Å²) in [5.41, 5.74) is 1.80. The Labute approximate surface area is 259 Å². The minimum atomic E-state index is -0.888. The zero-order valence-electron chi connectivity index (χ0n) is 26.7. The minimum absolute atomic E-state index is 0.0203. The Morgan fingerprint density at radius 3 is 2.36 bits per heavy atom. The minimum Gasteiger partial charge on any atom is -0.460 e. The fraction of sp³-hybridized carbons (Fsp3) is 0.500. The number of hydrogen-bond acceptors (Lipinski definition) is 7. The molecule has 10 heteroatoms. The van der Waals surface area contributed by atoms with Crippen molar-refractivity contribution in [2.75, 3.05) is 5.32 Å². The van der Waals surface area contributed by atoms with Gasteiger partial charge in [-0.3, -0.25) is 10.1 Å². The van der Waals surface area contributed by atoms with Crippen LogP contribution in [0.4, 0.5) is 15.0 Å². The van der Waals surface area contributed by atoms with Gasteiger partial charge in [0, 0.05) is 18.5 Å². The molecule has 238 valence electrons. The van der Waals surface area contributed by atoms with Crippen molar-refractivity contribution in [3.8, 4) is 11.4 Å². The van der Waals surface area contributed by atoms with Crippen molar-refractivity contribution in [3.05, 3.63) is 71.7 Å². The summed E-state index contributed by atoms with van der Waals surface area (Å²) >= 11 is 0. The maximum absolute atomic E-state index is 13.8. The molecule has 9 nitrogen and oxygen atoms in total. The number of anilines is 1. The zero-order valence-corrected chi connectivity index (χ0v) is 26.7. The monoisotopic (exact) mass is 609 g/mol. The smallest absolute Gasteiger partial charge is 0.413 e. The Bertz CT molecular complexity index is 1410. The summed E-state index contributed by atoms with van der Waals surface area (Å²) in [6.45, 7) is 13.8. The number of nitrogens with zero attached hydrogens (tertiary/aromatic N) is 2. The second kappa shape index (κ2) is 13.9. The number of benzene rings is 2. The quantitative estimate of drug-likeness (QED) is 0.236. The van der Waals surface area contributed by atoms with Gasteiger partial charge in [0.1, 0.15) is 23.8 Å². The highest BCUT2D eigenvalue weighted by Gasteiger charge is 2.37. The molecule has 0 spiro atoms. The molecular formula is C34H44FN3O6. The summed E-state index contributed by atoms with van der Waals surface area (Å²) in [6.07, 6.45) is 0.0198. The van der Waals surface area contributed by atoms with Gasteiger partial charge >= 0.3 is 12.1 Å². The molecule has 1 N–H and O–H groups in total. The number of ether oxygens (including phenoxy) is 4. The van der Waals surface area contributed by atoms with E-state index in [-0.39, 0.29) is 42.9 Å². The highest BCUT2D eigenvalue weighted by Crippen LogP contribution is 2.34. The lowest BCUT2D eigenvalue weighted by atomic mass is 10.0. The van der Waals surface area contributed by atoms with E-state index < -0.39 is 17.5 Å². The molecule has 0 radical (unpaired) electrons. The van der Waals surface area contributed by atoms with E-state index in [2.05, 4.69) is 5.32 Å². The maximum atomic E-state index is 13.8. The van der Waals surface area contributed by atoms with Crippen LogP contribution in [0.3, 0.4) is 0 Å². The number of rotatable bonds is 10. The molecule has 0 saturated carbocycles. The average molecular weight is 610 g/mol. The third-order valence-electron chi connectivity index (χ3n) is 7.01. The van der Waals surface area contributed by atoms with Crippen molar-refractivity contribution in [1.82, 2.24) is 9.55 Å². The van der Waals surface area contributed by atoms with Gasteiger partial charge in [-0.25, -0.2) is 14.2 Å². The van der Waals surface area contributed by atoms with Crippen LogP contribution in [0.15, 0.2) is 54.6 Å². The number of halogens is 1. The molecule has 0 bridgehead atoms. The Hall–Kier alpha value is -3.76. The van der Waals surface area contributed by atoms with Crippen LogP contribution in [0.1, 0.15) is 84.9 Å². The molecule has 1 amide bonds. The maximum Gasteiger partial charge on any atom is 0.413 e. The first kappa shape index (κ1) is 33.1. The van der Waals surface area contributed by atoms with E-state index in [1.165, 1.54) is 12.1 Å². The molecule has 0 unspecified atom stereocenters. The van der Waals surface area contributed by atoms with Crippen molar-refractivity contribution < 1.29 is 32.9 Å². The molecule has 1 aromatic heterocycles. The van der Waals surface area contributed by atoms with Gasteiger partial charge < -0.3 is 23.5 Å². The topological polar surface area (TPSA) is 101 Å². The van der Waals surface area contributed by atoms with Gasteiger partial charge in [-0.1, -0.05) is 44.2 Å². The zero-order chi connectivity index (χ0) is 32.1. The van der Waals surface area contributed by atoms with Gasteiger partial charge in [0.2, 0.25) is 0 Å². The number of carbonyl (C=O) groups excluding carboxylic acids is 2. The second-order valence-corrected chi connectivity index (χ2v) is 12.9. The van der Waals surface area contributed by atoms with E-state index in [0.29, 0.717) is 36.6 Å². The summed E-state index contributed by atoms with van der Waals surface area (Å²) in [5.74, 6) is -0.609. The molecular weight excluding hydrogens is 565 g/mol. The standard InChI is InChI=1S/C34H44FN3O6/c1-22(2)29-30(37-32(40)41-21-23-11-9-8-10-12-23)36-31(24-13-15-25(35)16-14-24)38(29)18-17-26-19-27(43-34(6,7)42-26)20-28(39)44-33(3,4)5/h8-16,22,26-27H,17-21H2,1-7H3,(H,37,40)/t26-,27-/m1/s1. The first-order valence-corrected chi connectivity index (χ1v) is 15.1. The van der Waals surface area contributed by atoms with Crippen LogP contribution >= 0.6 is 0 Å². The van der Waals surface area contributed by atoms with E-state index in [1.54, 1.807) is 12.1 Å². The number of amides is 1. The molecule has 2 aromatic carbocycles. The molecule has 1 fully saturated rings. The molecule has 4 rings (SSSR count). The van der Waals surface area contributed by atoms with Gasteiger partial charge in [-0.05, 0) is 76.8 Å². The van der Waals surface area contributed by atoms with Crippen LogP contribution in [0.25, 0.3) is 11.4 Å². The number of carbonyl (C=O) groups is 2. The third kappa shape index (κ3) is 9.37. The number of nitrogens with one attached hydrogen (secondary N) is 1. The predicted octanol–water partition coefficient (Wildman–Crippen LogP) is 7.59. The summed E-state index contributed by atoms with van der Waals surface area (Å²) < 4.78 is 39.2. The number of aromatic nitrogens is 2. The second-order valence-electron chi connectivity index (χ2n) is 12.9. The normalized spacial score (nSPS) is 18.2. The van der Waals surface area contributed by atoms with Crippen molar-refractivity contribution in [2.24, 2.45) is 0 Å². The van der Waals surface area contributed by atoms with E-state index in [0.717, 1.165) is 11.3 Å². The Morgan fingerprint density at radius 1 is 1.07 bits per heavy atom. The molecule has 0 aliphatic carbocycles. The highest BCUT2D eigenvalue weighted by atomic mass is 19.1. The van der Waals surface area contributed by atoms with Gasteiger partial charge in [-0.2, -0.15) is 0 Å². The van der Waals surface area contributed by atoms with Gasteiger partial charge in [0.15, 0.2) is 11.6 Å². The highest BCUT2D eigenvalue weighted by molar-refractivity contribution is 5.85. The lowest BCUT2D eigenvalue weighted by Crippen LogP contribution is -2.46. The van der Waals surface area contributed by atoms with Gasteiger partial charge in [-0.15, -0.1) is 0 Å². The van der Waals surface area contributed by atoms with Gasteiger partial charge in [0.05, 0.1) is 24.3 Å². The van der Waals surface area contributed by atoms with Crippen LogP contribution in [-0.4, -0.2) is 45.2 Å². The van der Waals surface area contributed by atoms with E-state index >= 15 is 0 Å². The van der Waals surface area contributed by atoms with E-state index in [4.69, 9.17) is 23.9 Å². The predicted molar refractivity (Wildman–Crippen MR) is 165 cm³/mol. The molecule has 2 atom stereocenters. The lowest BCUT2D eigenvalue weighted by Gasteiger charge is -2.41. The number of esters is 1. The Balaban J connectivity index is 1.56. The Morgan fingerprint density at radius 2 is 1.73 bits per heavy atom. The van der Waals surface area contributed by atoms with E-state index in [1.807, 2.05) is 83.4 Å². The van der Waals surface area contributed by atoms with Crippen molar-refractivity contribution in [3.63, 3.8) is 0 Å². The van der Waals surface area contributed by atoms with Crippen molar-refractivity contribution >= 4 is 17.9 Å². The lowest BCUT2D eigenvalue weighted by molar-refractivity contribution is -0.301. The van der Waals surface area contributed by atoms with Crippen LogP contribution in [0.2, 0.25) is 0 Å². The third-order valence-corrected chi connectivity index (χ3v) is 7.01. The van der Waals surface area contributed by atoms with Crippen molar-refractivity contribution in [1.29, 1.82) is 0 Å². The fourth-order valence-corrected chi connectivity index (χ4v) is 5.41.